The summed E-state index contributed by atoms with van der Waals surface area (Å²) in [7, 11) is 1.63. The second-order valence-electron chi connectivity index (χ2n) is 6.70. The molecule has 0 unspecified atom stereocenters. The summed E-state index contributed by atoms with van der Waals surface area (Å²) in [5.41, 5.74) is 2.98. The van der Waals surface area contributed by atoms with Crippen molar-refractivity contribution < 1.29 is 13.9 Å². The molecule has 0 aliphatic carbocycles. The van der Waals surface area contributed by atoms with Crippen molar-refractivity contribution in [1.82, 2.24) is 10.2 Å². The fraction of sp³-hybridized carbons (Fsp3) is 0.227. The molecule has 0 radical (unpaired) electrons. The lowest BCUT2D eigenvalue weighted by atomic mass is 10.1. The van der Waals surface area contributed by atoms with Crippen molar-refractivity contribution in [3.8, 4) is 11.5 Å². The number of ether oxygens (including phenoxy) is 2. The van der Waals surface area contributed by atoms with Gasteiger partial charge in [0.05, 0.1) is 7.11 Å². The van der Waals surface area contributed by atoms with Crippen LogP contribution in [0.2, 0.25) is 0 Å². The van der Waals surface area contributed by atoms with Gasteiger partial charge in [-0.15, -0.1) is 10.2 Å². The first kappa shape index (κ1) is 19.9. The number of nitrogens with zero attached hydrogens (tertiary/aromatic N) is 2. The van der Waals surface area contributed by atoms with Crippen LogP contribution in [0, 0.1) is 6.92 Å². The zero-order valence-electron chi connectivity index (χ0n) is 16.9. The number of rotatable bonds is 7. The Kier molecular flexibility index (Phi) is 5.67. The van der Waals surface area contributed by atoms with Crippen molar-refractivity contribution in [2.75, 3.05) is 12.4 Å². The van der Waals surface area contributed by atoms with E-state index in [0.29, 0.717) is 16.5 Å². The van der Waals surface area contributed by atoms with Crippen molar-refractivity contribution in [1.29, 1.82) is 0 Å². The smallest absolute Gasteiger partial charge is 0.336 e. The third kappa shape index (κ3) is 4.28. The van der Waals surface area contributed by atoms with Gasteiger partial charge in [0.25, 0.3) is 0 Å². The molecule has 0 aliphatic heterocycles. The summed E-state index contributed by atoms with van der Waals surface area (Å²) in [6, 6.07) is 12.9. The third-order valence-electron chi connectivity index (χ3n) is 4.67. The molecule has 0 atom stereocenters. The first-order chi connectivity index (χ1) is 14.6. The van der Waals surface area contributed by atoms with Crippen molar-refractivity contribution in [3.63, 3.8) is 0 Å². The van der Waals surface area contributed by atoms with Crippen LogP contribution >= 0.6 is 11.3 Å². The molecule has 2 aromatic heterocycles. The summed E-state index contributed by atoms with van der Waals surface area (Å²) >= 11 is 1.42. The highest BCUT2D eigenvalue weighted by atomic mass is 32.1. The number of benzene rings is 2. The highest BCUT2D eigenvalue weighted by molar-refractivity contribution is 7.15. The quantitative estimate of drug-likeness (QED) is 0.425. The molecule has 0 fully saturated rings. The number of hydrogen-bond donors (Lipinski definition) is 1. The number of anilines is 2. The lowest BCUT2D eigenvalue weighted by Gasteiger charge is -2.11. The summed E-state index contributed by atoms with van der Waals surface area (Å²) < 4.78 is 16.5. The van der Waals surface area contributed by atoms with Gasteiger partial charge in [-0.25, -0.2) is 4.79 Å². The molecule has 0 aliphatic rings. The van der Waals surface area contributed by atoms with Gasteiger partial charge in [0.15, 0.2) is 5.01 Å². The molecule has 154 valence electrons. The Bertz CT molecular complexity index is 1230. The predicted octanol–water partition coefficient (Wildman–Crippen LogP) is 4.85. The molecule has 0 saturated carbocycles. The Balaban J connectivity index is 1.49. The zero-order valence-corrected chi connectivity index (χ0v) is 17.7. The molecule has 2 heterocycles. The molecule has 0 saturated heterocycles. The van der Waals surface area contributed by atoms with Crippen LogP contribution in [0.15, 0.2) is 51.7 Å². The summed E-state index contributed by atoms with van der Waals surface area (Å²) in [6.45, 7) is 4.23. The minimum absolute atomic E-state index is 0.274. The summed E-state index contributed by atoms with van der Waals surface area (Å²) in [6.07, 6.45) is 0.796. The van der Waals surface area contributed by atoms with Gasteiger partial charge in [-0.05, 0) is 54.8 Å². The molecule has 0 bridgehead atoms. The number of fused-ring (bicyclic) bond motifs is 1. The topological polar surface area (TPSA) is 86.5 Å². The average Bonchev–Trinajstić information content (AvgIpc) is 3.19. The average molecular weight is 423 g/mol. The van der Waals surface area contributed by atoms with Crippen LogP contribution in [-0.4, -0.2) is 17.3 Å². The van der Waals surface area contributed by atoms with Crippen molar-refractivity contribution in [2.45, 2.75) is 26.9 Å². The summed E-state index contributed by atoms with van der Waals surface area (Å²) in [4.78, 5) is 11.7. The SMILES string of the molecule is CCc1cc2c(C)cc(=O)oc2cc1OCc1nnc(Nc2ccc(OC)cc2)s1. The highest BCUT2D eigenvalue weighted by Gasteiger charge is 2.11. The molecule has 7 nitrogen and oxygen atoms in total. The van der Waals surface area contributed by atoms with Crippen molar-refractivity contribution in [2.24, 2.45) is 0 Å². The van der Waals surface area contributed by atoms with E-state index in [1.165, 1.54) is 17.4 Å². The molecular weight excluding hydrogens is 402 g/mol. The second kappa shape index (κ2) is 8.54. The van der Waals surface area contributed by atoms with Crippen LogP contribution in [0.4, 0.5) is 10.8 Å². The Morgan fingerprint density at radius 2 is 1.93 bits per heavy atom. The van der Waals surface area contributed by atoms with Gasteiger partial charge in [-0.1, -0.05) is 18.3 Å². The Morgan fingerprint density at radius 3 is 2.67 bits per heavy atom. The maximum atomic E-state index is 11.7. The standard InChI is InChI=1S/C22H21N3O4S/c1-4-14-10-17-13(2)9-21(26)29-19(17)11-18(14)28-12-20-24-25-22(30-20)23-15-5-7-16(27-3)8-6-15/h5-11H,4,12H2,1-3H3,(H,23,25). The van der Waals surface area contributed by atoms with E-state index in [1.54, 1.807) is 13.2 Å². The summed E-state index contributed by atoms with van der Waals surface area (Å²) in [5.74, 6) is 1.47. The van der Waals surface area contributed by atoms with Crippen LogP contribution in [0.1, 0.15) is 23.1 Å². The van der Waals surface area contributed by atoms with Crippen LogP contribution < -0.4 is 20.4 Å². The van der Waals surface area contributed by atoms with Crippen molar-refractivity contribution >= 4 is 33.1 Å². The van der Waals surface area contributed by atoms with Crippen LogP contribution in [0.25, 0.3) is 11.0 Å². The first-order valence-corrected chi connectivity index (χ1v) is 10.3. The van der Waals surface area contributed by atoms with Crippen LogP contribution in [0.3, 0.4) is 0 Å². The van der Waals surface area contributed by atoms with E-state index in [-0.39, 0.29) is 12.2 Å². The van der Waals surface area contributed by atoms with Gasteiger partial charge in [0, 0.05) is 23.2 Å². The van der Waals surface area contributed by atoms with E-state index in [0.717, 1.165) is 39.4 Å². The number of aromatic nitrogens is 2. The molecule has 4 rings (SSSR count). The van der Waals surface area contributed by atoms with Gasteiger partial charge in [-0.2, -0.15) is 0 Å². The fourth-order valence-electron chi connectivity index (χ4n) is 3.10. The van der Waals surface area contributed by atoms with Gasteiger partial charge >= 0.3 is 5.63 Å². The Hall–Kier alpha value is -3.39. The maximum Gasteiger partial charge on any atom is 0.336 e. The number of aryl methyl sites for hydroxylation is 2. The highest BCUT2D eigenvalue weighted by Crippen LogP contribution is 2.29. The summed E-state index contributed by atoms with van der Waals surface area (Å²) in [5, 5.41) is 13.9. The van der Waals surface area contributed by atoms with Crippen molar-refractivity contribution in [3.05, 3.63) is 69.0 Å². The Labute approximate surface area is 177 Å². The van der Waals surface area contributed by atoms with Gasteiger partial charge < -0.3 is 19.2 Å². The molecular formula is C22H21N3O4S. The molecule has 8 heteroatoms. The lowest BCUT2D eigenvalue weighted by Crippen LogP contribution is -2.01. The largest absolute Gasteiger partial charge is 0.497 e. The molecule has 0 spiro atoms. The molecule has 2 aromatic carbocycles. The number of nitrogens with one attached hydrogen (secondary N) is 1. The van der Waals surface area contributed by atoms with E-state index < -0.39 is 0 Å². The first-order valence-electron chi connectivity index (χ1n) is 9.49. The van der Waals surface area contributed by atoms with Gasteiger partial charge in [0.2, 0.25) is 5.13 Å². The van der Waals surface area contributed by atoms with E-state index in [1.807, 2.05) is 37.3 Å². The normalized spacial score (nSPS) is 10.9. The van der Waals surface area contributed by atoms with Gasteiger partial charge in [0.1, 0.15) is 23.7 Å². The van der Waals surface area contributed by atoms with E-state index >= 15 is 0 Å². The second-order valence-corrected chi connectivity index (χ2v) is 7.76. The lowest BCUT2D eigenvalue weighted by molar-refractivity contribution is 0.301. The fourth-order valence-corrected chi connectivity index (χ4v) is 3.77. The van der Waals surface area contributed by atoms with E-state index in [2.05, 4.69) is 22.4 Å². The zero-order chi connectivity index (χ0) is 21.1. The predicted molar refractivity (Wildman–Crippen MR) is 117 cm³/mol. The molecule has 0 amide bonds. The van der Waals surface area contributed by atoms with E-state index in [9.17, 15) is 4.79 Å². The third-order valence-corrected chi connectivity index (χ3v) is 5.48. The molecule has 4 aromatic rings. The van der Waals surface area contributed by atoms with Crippen LogP contribution in [0.5, 0.6) is 11.5 Å². The molecule has 1 N–H and O–H groups in total. The van der Waals surface area contributed by atoms with Crippen LogP contribution in [-0.2, 0) is 13.0 Å². The number of hydrogen-bond acceptors (Lipinski definition) is 8. The van der Waals surface area contributed by atoms with E-state index in [4.69, 9.17) is 13.9 Å². The maximum absolute atomic E-state index is 11.7. The minimum atomic E-state index is -0.367. The molecule has 30 heavy (non-hydrogen) atoms. The number of methoxy groups -OCH3 is 1. The minimum Gasteiger partial charge on any atom is -0.497 e. The Morgan fingerprint density at radius 1 is 1.13 bits per heavy atom. The monoisotopic (exact) mass is 423 g/mol. The van der Waals surface area contributed by atoms with Gasteiger partial charge in [-0.3, -0.25) is 0 Å².